The highest BCUT2D eigenvalue weighted by molar-refractivity contribution is 6.32. The molecule has 0 unspecified atom stereocenters. The lowest BCUT2D eigenvalue weighted by atomic mass is 9.98. The van der Waals surface area contributed by atoms with Gasteiger partial charge in [0.25, 0.3) is 0 Å². The van der Waals surface area contributed by atoms with E-state index in [2.05, 4.69) is 206 Å². The summed E-state index contributed by atoms with van der Waals surface area (Å²) in [5.74, 6) is 0. The first kappa shape index (κ1) is 38.8. The van der Waals surface area contributed by atoms with Crippen molar-refractivity contribution in [3.63, 3.8) is 0 Å². The Bertz CT molecular complexity index is 4630. The molecule has 70 heavy (non-hydrogen) atoms. The molecule has 0 radical (unpaired) electrons. The zero-order valence-corrected chi connectivity index (χ0v) is 38.2. The summed E-state index contributed by atoms with van der Waals surface area (Å²) in [5.41, 5.74) is 15.1. The van der Waals surface area contributed by atoms with E-state index in [4.69, 9.17) is 17.7 Å². The highest BCUT2D eigenvalue weighted by atomic mass is 16.3. The Morgan fingerprint density at radius 1 is 0.257 bits per heavy atom. The molecule has 4 aromatic heterocycles. The van der Waals surface area contributed by atoms with Crippen molar-refractivity contribution in [3.05, 3.63) is 217 Å². The third kappa shape index (κ3) is 5.68. The Labute approximate surface area is 400 Å². The Kier molecular flexibility index (Phi) is 8.10. The number of para-hydroxylation sites is 2. The van der Waals surface area contributed by atoms with E-state index in [1.807, 2.05) is 24.3 Å². The first-order valence-corrected chi connectivity index (χ1v) is 23.7. The van der Waals surface area contributed by atoms with E-state index < -0.39 is 0 Å². The standard InChI is InChI=1S/C64H40N2O4/c1-37-19-23-39(24-20-37)65(41-27-30-56-50(33-41)45-13-7-9-17-54(45)67-56)52-35-59-61(47-15-5-3-11-43(47)52)49-29-32-58-63(64(49)70-59)62-48-16-6-4-12-44(48)53(36-60(62)69-58)66(40-25-21-38(2)22-26-40)42-28-31-57-51(34-42)46-14-8-10-18-55(46)68-57/h3-36H,1-2H3. The molecule has 0 spiro atoms. The summed E-state index contributed by atoms with van der Waals surface area (Å²) in [6.45, 7) is 4.25. The van der Waals surface area contributed by atoms with E-state index in [1.165, 1.54) is 11.1 Å². The normalized spacial score (nSPS) is 12.1. The van der Waals surface area contributed by atoms with Gasteiger partial charge in [0.2, 0.25) is 0 Å². The van der Waals surface area contributed by atoms with E-state index in [-0.39, 0.29) is 0 Å². The second-order valence-electron chi connectivity index (χ2n) is 18.5. The van der Waals surface area contributed by atoms with Crippen molar-refractivity contribution in [2.45, 2.75) is 13.8 Å². The highest BCUT2D eigenvalue weighted by Gasteiger charge is 2.26. The molecular formula is C64H40N2O4. The average molecular weight is 901 g/mol. The molecular weight excluding hydrogens is 861 g/mol. The van der Waals surface area contributed by atoms with Crippen LogP contribution in [0, 0.1) is 13.8 Å². The molecule has 6 nitrogen and oxygen atoms in total. The summed E-state index contributed by atoms with van der Waals surface area (Å²) < 4.78 is 26.8. The number of fused-ring (bicyclic) bond motifs is 17. The van der Waals surface area contributed by atoms with Crippen LogP contribution >= 0.6 is 0 Å². The molecule has 0 saturated heterocycles. The molecule has 4 heterocycles. The summed E-state index contributed by atoms with van der Waals surface area (Å²) in [7, 11) is 0. The number of nitrogens with zero attached hydrogens (tertiary/aromatic N) is 2. The van der Waals surface area contributed by atoms with Crippen molar-refractivity contribution in [2.24, 2.45) is 0 Å². The number of furan rings is 4. The van der Waals surface area contributed by atoms with Gasteiger partial charge in [-0.3, -0.25) is 0 Å². The predicted molar refractivity (Wildman–Crippen MR) is 289 cm³/mol. The summed E-state index contributed by atoms with van der Waals surface area (Å²) in [5, 5.41) is 12.8. The molecule has 0 saturated carbocycles. The van der Waals surface area contributed by atoms with Crippen molar-refractivity contribution in [1.82, 2.24) is 0 Å². The van der Waals surface area contributed by atoms with Gasteiger partial charge in [0.05, 0.1) is 16.8 Å². The fourth-order valence-corrected chi connectivity index (χ4v) is 11.1. The molecule has 6 heteroatoms. The SMILES string of the molecule is Cc1ccc(N(c2ccc3oc4ccccc4c3c2)c2cc3oc4c(ccc5oc6cc(N(c7ccc(C)cc7)c7ccc8oc9ccccc9c8c7)c7ccccc7c6c54)c3c3ccccc23)cc1. The summed E-state index contributed by atoms with van der Waals surface area (Å²) in [6, 6.07) is 73.0. The second kappa shape index (κ2) is 14.6. The number of hydrogen-bond donors (Lipinski definition) is 0. The largest absolute Gasteiger partial charge is 0.456 e. The maximum atomic E-state index is 7.26. The molecule has 0 aliphatic heterocycles. The van der Waals surface area contributed by atoms with Gasteiger partial charge >= 0.3 is 0 Å². The molecule has 0 atom stereocenters. The number of aryl methyl sites for hydroxylation is 2. The predicted octanol–water partition coefficient (Wildman–Crippen LogP) is 19.1. The Morgan fingerprint density at radius 2 is 0.657 bits per heavy atom. The minimum absolute atomic E-state index is 0.767. The molecule has 15 aromatic rings. The summed E-state index contributed by atoms with van der Waals surface area (Å²) in [6.07, 6.45) is 0. The minimum atomic E-state index is 0.767. The first-order valence-electron chi connectivity index (χ1n) is 23.7. The van der Waals surface area contributed by atoms with Crippen LogP contribution in [0.5, 0.6) is 0 Å². The maximum absolute atomic E-state index is 7.26. The number of rotatable bonds is 6. The quantitative estimate of drug-likeness (QED) is 0.166. The topological polar surface area (TPSA) is 59.0 Å². The van der Waals surface area contributed by atoms with E-state index in [0.717, 1.165) is 143 Å². The Morgan fingerprint density at radius 3 is 1.19 bits per heavy atom. The fourth-order valence-electron chi connectivity index (χ4n) is 11.1. The van der Waals surface area contributed by atoms with Gasteiger partial charge in [-0.1, -0.05) is 120 Å². The Hall–Kier alpha value is -9.26. The van der Waals surface area contributed by atoms with Gasteiger partial charge < -0.3 is 27.5 Å². The number of hydrogen-bond acceptors (Lipinski definition) is 6. The van der Waals surface area contributed by atoms with Crippen molar-refractivity contribution < 1.29 is 17.7 Å². The summed E-state index contributed by atoms with van der Waals surface area (Å²) in [4.78, 5) is 4.69. The van der Waals surface area contributed by atoms with Gasteiger partial charge in [-0.05, 0) is 110 Å². The third-order valence-corrected chi connectivity index (χ3v) is 14.3. The zero-order valence-electron chi connectivity index (χ0n) is 38.2. The molecule has 0 amide bonds. The van der Waals surface area contributed by atoms with Gasteiger partial charge in [-0.2, -0.15) is 0 Å². The lowest BCUT2D eigenvalue weighted by molar-refractivity contribution is 0.663. The molecule has 11 aromatic carbocycles. The first-order chi connectivity index (χ1) is 34.5. The van der Waals surface area contributed by atoms with Gasteiger partial charge in [0.1, 0.15) is 44.7 Å². The minimum Gasteiger partial charge on any atom is -0.456 e. The van der Waals surface area contributed by atoms with Crippen LogP contribution in [0.3, 0.4) is 0 Å². The van der Waals surface area contributed by atoms with E-state index in [9.17, 15) is 0 Å². The van der Waals surface area contributed by atoms with Gasteiger partial charge in [-0.15, -0.1) is 0 Å². The van der Waals surface area contributed by atoms with Crippen LogP contribution < -0.4 is 9.80 Å². The van der Waals surface area contributed by atoms with Crippen LogP contribution in [0.15, 0.2) is 224 Å². The Balaban J connectivity index is 0.973. The number of anilines is 6. The van der Waals surface area contributed by atoms with E-state index in [1.54, 1.807) is 0 Å². The molecule has 0 N–H and O–H groups in total. The molecule has 15 rings (SSSR count). The van der Waals surface area contributed by atoms with Crippen molar-refractivity contribution in [1.29, 1.82) is 0 Å². The molecule has 0 fully saturated rings. The maximum Gasteiger partial charge on any atom is 0.147 e. The number of benzene rings is 11. The average Bonchev–Trinajstić information content (AvgIpc) is 4.18. The second-order valence-corrected chi connectivity index (χ2v) is 18.5. The highest BCUT2D eigenvalue weighted by Crippen LogP contribution is 2.50. The van der Waals surface area contributed by atoms with Crippen LogP contribution in [-0.2, 0) is 0 Å². The van der Waals surface area contributed by atoms with Crippen LogP contribution in [-0.4, -0.2) is 0 Å². The lowest BCUT2D eigenvalue weighted by Crippen LogP contribution is -2.10. The van der Waals surface area contributed by atoms with E-state index >= 15 is 0 Å². The molecule has 330 valence electrons. The van der Waals surface area contributed by atoms with Crippen molar-refractivity contribution in [2.75, 3.05) is 9.80 Å². The van der Waals surface area contributed by atoms with Crippen LogP contribution in [0.4, 0.5) is 34.1 Å². The lowest BCUT2D eigenvalue weighted by Gasteiger charge is -2.27. The van der Waals surface area contributed by atoms with Gasteiger partial charge in [0.15, 0.2) is 0 Å². The van der Waals surface area contributed by atoms with Crippen LogP contribution in [0.25, 0.3) is 109 Å². The van der Waals surface area contributed by atoms with E-state index in [0.29, 0.717) is 0 Å². The smallest absolute Gasteiger partial charge is 0.147 e. The fraction of sp³-hybridized carbons (Fsp3) is 0.0312. The molecule has 0 bridgehead atoms. The van der Waals surface area contributed by atoms with Gasteiger partial charge in [0, 0.05) is 83.4 Å². The van der Waals surface area contributed by atoms with Crippen LogP contribution in [0.1, 0.15) is 11.1 Å². The van der Waals surface area contributed by atoms with Crippen LogP contribution in [0.2, 0.25) is 0 Å². The zero-order chi connectivity index (χ0) is 46.2. The van der Waals surface area contributed by atoms with Gasteiger partial charge in [-0.25, -0.2) is 0 Å². The molecule has 0 aliphatic rings. The summed E-state index contributed by atoms with van der Waals surface area (Å²) >= 11 is 0. The van der Waals surface area contributed by atoms with Crippen molar-refractivity contribution in [3.8, 4) is 0 Å². The third-order valence-electron chi connectivity index (χ3n) is 14.3. The molecule has 0 aliphatic carbocycles. The monoisotopic (exact) mass is 900 g/mol. The van der Waals surface area contributed by atoms with Crippen molar-refractivity contribution >= 4 is 143 Å².